The molecule has 2 aromatic rings. The monoisotopic (exact) mass is 328 g/mol. The van der Waals surface area contributed by atoms with Crippen LogP contribution >= 0.6 is 0 Å². The van der Waals surface area contributed by atoms with E-state index in [0.29, 0.717) is 24.5 Å². The highest BCUT2D eigenvalue weighted by Gasteiger charge is 2.12. The van der Waals surface area contributed by atoms with Gasteiger partial charge in [0.15, 0.2) is 0 Å². The van der Waals surface area contributed by atoms with Gasteiger partial charge in [-0.1, -0.05) is 6.07 Å². The van der Waals surface area contributed by atoms with E-state index in [-0.39, 0.29) is 5.91 Å². The molecule has 24 heavy (non-hydrogen) atoms. The third kappa shape index (κ3) is 4.06. The first-order valence-electron chi connectivity index (χ1n) is 7.93. The Morgan fingerprint density at radius 2 is 1.83 bits per heavy atom. The molecule has 0 aliphatic heterocycles. The average molecular weight is 328 g/mol. The van der Waals surface area contributed by atoms with Crippen LogP contribution < -0.4 is 20.7 Å². The Bertz CT molecular complexity index is 742. The van der Waals surface area contributed by atoms with Gasteiger partial charge in [0.05, 0.1) is 6.61 Å². The van der Waals surface area contributed by atoms with Crippen LogP contribution in [-0.2, 0) is 6.61 Å². The van der Waals surface area contributed by atoms with E-state index in [0.717, 1.165) is 22.4 Å². The number of nitrogens with two attached hydrogens (primary N) is 1. The van der Waals surface area contributed by atoms with Crippen molar-refractivity contribution in [3.05, 3.63) is 58.1 Å². The van der Waals surface area contributed by atoms with Gasteiger partial charge < -0.3 is 9.47 Å². The molecule has 0 saturated carbocycles. The quantitative estimate of drug-likeness (QED) is 0.485. The number of nitrogens with one attached hydrogen (secondary N) is 1. The van der Waals surface area contributed by atoms with Gasteiger partial charge in [-0.15, -0.1) is 0 Å². The van der Waals surface area contributed by atoms with Gasteiger partial charge in [-0.3, -0.25) is 10.2 Å². The minimum Gasteiger partial charge on any atom is -0.493 e. The standard InChI is InChI=1S/C19H24N2O3/c1-5-23-17-7-6-15(19(22)21-20)10-16(17)11-24-18-9-12(2)8-13(3)14(18)4/h6-10H,5,11,20H2,1-4H3,(H,21,22). The number of carbonyl (C=O) groups is 1. The Balaban J connectivity index is 2.29. The lowest BCUT2D eigenvalue weighted by molar-refractivity contribution is 0.0953. The van der Waals surface area contributed by atoms with Crippen LogP contribution in [0.3, 0.4) is 0 Å². The van der Waals surface area contributed by atoms with Gasteiger partial charge in [-0.2, -0.15) is 0 Å². The second kappa shape index (κ2) is 7.84. The summed E-state index contributed by atoms with van der Waals surface area (Å²) in [6.45, 7) is 8.90. The third-order valence-corrected chi connectivity index (χ3v) is 3.90. The van der Waals surface area contributed by atoms with E-state index < -0.39 is 0 Å². The molecular formula is C19H24N2O3. The molecule has 2 rings (SSSR count). The summed E-state index contributed by atoms with van der Waals surface area (Å²) >= 11 is 0. The molecule has 5 heteroatoms. The average Bonchev–Trinajstić information content (AvgIpc) is 2.57. The molecule has 0 unspecified atom stereocenters. The van der Waals surface area contributed by atoms with Gasteiger partial charge in [0.25, 0.3) is 5.91 Å². The van der Waals surface area contributed by atoms with Crippen LogP contribution in [0.5, 0.6) is 11.5 Å². The van der Waals surface area contributed by atoms with Crippen molar-refractivity contribution in [2.45, 2.75) is 34.3 Å². The summed E-state index contributed by atoms with van der Waals surface area (Å²) in [4.78, 5) is 11.7. The number of hydrogen-bond donors (Lipinski definition) is 2. The topological polar surface area (TPSA) is 73.6 Å². The van der Waals surface area contributed by atoms with Crippen LogP contribution in [0, 0.1) is 20.8 Å². The fourth-order valence-electron chi connectivity index (χ4n) is 2.52. The molecule has 1 amide bonds. The summed E-state index contributed by atoms with van der Waals surface area (Å²) in [6, 6.07) is 9.32. The number of hydrogen-bond acceptors (Lipinski definition) is 4. The van der Waals surface area contributed by atoms with E-state index in [1.807, 2.05) is 26.8 Å². The zero-order valence-electron chi connectivity index (χ0n) is 14.6. The second-order valence-corrected chi connectivity index (χ2v) is 5.72. The summed E-state index contributed by atoms with van der Waals surface area (Å²) in [5.74, 6) is 6.40. The molecule has 0 spiro atoms. The molecule has 0 saturated heterocycles. The number of amides is 1. The molecule has 0 atom stereocenters. The number of benzene rings is 2. The molecule has 2 aromatic carbocycles. The van der Waals surface area contributed by atoms with Crippen molar-refractivity contribution >= 4 is 5.91 Å². The Labute approximate surface area is 142 Å². The lowest BCUT2D eigenvalue weighted by Gasteiger charge is -2.15. The fourth-order valence-corrected chi connectivity index (χ4v) is 2.52. The largest absolute Gasteiger partial charge is 0.493 e. The normalized spacial score (nSPS) is 10.4. The van der Waals surface area contributed by atoms with E-state index in [4.69, 9.17) is 15.3 Å². The summed E-state index contributed by atoms with van der Waals surface area (Å²) < 4.78 is 11.6. The van der Waals surface area contributed by atoms with Crippen LogP contribution in [0.25, 0.3) is 0 Å². The lowest BCUT2D eigenvalue weighted by atomic mass is 10.1. The van der Waals surface area contributed by atoms with Crippen molar-refractivity contribution in [3.63, 3.8) is 0 Å². The van der Waals surface area contributed by atoms with Gasteiger partial charge in [-0.05, 0) is 68.7 Å². The summed E-state index contributed by atoms with van der Waals surface area (Å²) in [6.07, 6.45) is 0. The SMILES string of the molecule is CCOc1ccc(C(=O)NN)cc1COc1cc(C)cc(C)c1C. The maximum absolute atomic E-state index is 11.7. The number of nitrogen functional groups attached to an aromatic ring is 1. The summed E-state index contributed by atoms with van der Waals surface area (Å²) in [7, 11) is 0. The van der Waals surface area contributed by atoms with Gasteiger partial charge in [0.1, 0.15) is 18.1 Å². The van der Waals surface area contributed by atoms with Crippen molar-refractivity contribution in [2.24, 2.45) is 5.84 Å². The van der Waals surface area contributed by atoms with Crippen LogP contribution in [0.4, 0.5) is 0 Å². The van der Waals surface area contributed by atoms with Gasteiger partial charge >= 0.3 is 0 Å². The van der Waals surface area contributed by atoms with Crippen molar-refractivity contribution in [1.82, 2.24) is 5.43 Å². The molecule has 0 aliphatic carbocycles. The van der Waals surface area contributed by atoms with Crippen LogP contribution in [0.15, 0.2) is 30.3 Å². The van der Waals surface area contributed by atoms with Gasteiger partial charge in [0, 0.05) is 11.1 Å². The minimum absolute atomic E-state index is 0.310. The maximum atomic E-state index is 11.7. The maximum Gasteiger partial charge on any atom is 0.265 e. The molecular weight excluding hydrogens is 304 g/mol. The first-order chi connectivity index (χ1) is 11.5. The molecule has 0 aromatic heterocycles. The molecule has 0 bridgehead atoms. The fraction of sp³-hybridized carbons (Fsp3) is 0.316. The van der Waals surface area contributed by atoms with E-state index in [9.17, 15) is 4.79 Å². The van der Waals surface area contributed by atoms with E-state index in [1.165, 1.54) is 5.56 Å². The van der Waals surface area contributed by atoms with Crippen molar-refractivity contribution in [3.8, 4) is 11.5 Å². The first-order valence-corrected chi connectivity index (χ1v) is 7.93. The smallest absolute Gasteiger partial charge is 0.265 e. The lowest BCUT2D eigenvalue weighted by Crippen LogP contribution is -2.30. The minimum atomic E-state index is -0.345. The molecule has 5 nitrogen and oxygen atoms in total. The van der Waals surface area contributed by atoms with Crippen molar-refractivity contribution in [2.75, 3.05) is 6.61 Å². The molecule has 0 fully saturated rings. The molecule has 0 aliphatic rings. The Morgan fingerprint density at radius 3 is 2.50 bits per heavy atom. The molecule has 0 radical (unpaired) electrons. The number of carbonyl (C=O) groups excluding carboxylic acids is 1. The second-order valence-electron chi connectivity index (χ2n) is 5.72. The number of rotatable bonds is 6. The van der Waals surface area contributed by atoms with Crippen molar-refractivity contribution in [1.29, 1.82) is 0 Å². The summed E-state index contributed by atoms with van der Waals surface area (Å²) in [5.41, 5.74) is 6.85. The predicted molar refractivity (Wildman–Crippen MR) is 94.2 cm³/mol. The predicted octanol–water partition coefficient (Wildman–Crippen LogP) is 3.19. The highest BCUT2D eigenvalue weighted by molar-refractivity contribution is 5.94. The number of aryl methyl sites for hydroxylation is 2. The van der Waals surface area contributed by atoms with Crippen LogP contribution in [-0.4, -0.2) is 12.5 Å². The van der Waals surface area contributed by atoms with Crippen molar-refractivity contribution < 1.29 is 14.3 Å². The molecule has 3 N–H and O–H groups in total. The summed E-state index contributed by atoms with van der Waals surface area (Å²) in [5, 5.41) is 0. The molecule has 0 heterocycles. The van der Waals surface area contributed by atoms with Gasteiger partial charge in [-0.25, -0.2) is 5.84 Å². The Kier molecular flexibility index (Phi) is 5.82. The Hall–Kier alpha value is -2.53. The van der Waals surface area contributed by atoms with E-state index in [2.05, 4.69) is 18.4 Å². The first kappa shape index (κ1) is 17.8. The Morgan fingerprint density at radius 1 is 1.08 bits per heavy atom. The highest BCUT2D eigenvalue weighted by atomic mass is 16.5. The number of ether oxygens (including phenoxy) is 2. The number of hydrazine groups is 1. The highest BCUT2D eigenvalue weighted by Crippen LogP contribution is 2.27. The zero-order chi connectivity index (χ0) is 17.7. The zero-order valence-corrected chi connectivity index (χ0v) is 14.6. The van der Waals surface area contributed by atoms with Gasteiger partial charge in [0.2, 0.25) is 0 Å². The van der Waals surface area contributed by atoms with Crippen LogP contribution in [0.1, 0.15) is 39.5 Å². The van der Waals surface area contributed by atoms with Crippen LogP contribution in [0.2, 0.25) is 0 Å². The molecule has 128 valence electrons. The third-order valence-electron chi connectivity index (χ3n) is 3.90. The van der Waals surface area contributed by atoms with E-state index in [1.54, 1.807) is 18.2 Å². The van der Waals surface area contributed by atoms with E-state index >= 15 is 0 Å².